The number of hydrogen-bond donors (Lipinski definition) is 2. The predicted molar refractivity (Wildman–Crippen MR) is 92.1 cm³/mol. The Morgan fingerprint density at radius 2 is 1.88 bits per heavy atom. The van der Waals surface area contributed by atoms with E-state index < -0.39 is 0 Å². The zero-order valence-corrected chi connectivity index (χ0v) is 13.2. The zero-order chi connectivity index (χ0) is 16.4. The molecule has 1 saturated heterocycles. The van der Waals surface area contributed by atoms with Gasteiger partial charge in [-0.1, -0.05) is 12.1 Å². The van der Waals surface area contributed by atoms with E-state index in [0.717, 1.165) is 29.9 Å². The molecule has 24 heavy (non-hydrogen) atoms. The minimum absolute atomic E-state index is 0.274. The summed E-state index contributed by atoms with van der Waals surface area (Å²) in [5.74, 6) is 0.907. The normalized spacial score (nSPS) is 14.8. The molecule has 2 N–H and O–H groups in total. The van der Waals surface area contributed by atoms with Gasteiger partial charge in [-0.05, 0) is 43.5 Å². The van der Waals surface area contributed by atoms with Crippen molar-refractivity contribution in [3.63, 3.8) is 0 Å². The average molecular weight is 322 g/mol. The number of aromatic amines is 1. The van der Waals surface area contributed by atoms with E-state index in [2.05, 4.69) is 30.4 Å². The molecule has 1 fully saturated rings. The predicted octanol–water partition coefficient (Wildman–Crippen LogP) is 2.60. The molecule has 1 aromatic carbocycles. The van der Waals surface area contributed by atoms with Crippen LogP contribution in [0.2, 0.25) is 0 Å². The van der Waals surface area contributed by atoms with Crippen molar-refractivity contribution in [1.29, 1.82) is 0 Å². The van der Waals surface area contributed by atoms with E-state index in [1.54, 1.807) is 6.07 Å². The van der Waals surface area contributed by atoms with Gasteiger partial charge in [0.25, 0.3) is 5.91 Å². The second kappa shape index (κ2) is 6.27. The molecule has 2 aromatic heterocycles. The molecule has 0 spiro atoms. The van der Waals surface area contributed by atoms with Gasteiger partial charge in [0.05, 0.1) is 11.0 Å². The summed E-state index contributed by atoms with van der Waals surface area (Å²) in [5, 5.41) is 11.0. The molecule has 3 aromatic rings. The Bertz CT molecular complexity index is 818. The van der Waals surface area contributed by atoms with Gasteiger partial charge in [0, 0.05) is 13.1 Å². The number of imidazole rings is 1. The van der Waals surface area contributed by atoms with E-state index in [9.17, 15) is 4.79 Å². The lowest BCUT2D eigenvalue weighted by Gasteiger charge is -2.27. The lowest BCUT2D eigenvalue weighted by Crippen LogP contribution is -2.30. The summed E-state index contributed by atoms with van der Waals surface area (Å²) >= 11 is 0. The third kappa shape index (κ3) is 2.92. The van der Waals surface area contributed by atoms with Gasteiger partial charge >= 0.3 is 0 Å². The third-order valence-electron chi connectivity index (χ3n) is 4.18. The number of carbonyl (C=O) groups is 1. The molecule has 1 aliphatic rings. The number of fused-ring (bicyclic) bond motifs is 1. The number of carbonyl (C=O) groups excluding carboxylic acids is 1. The first kappa shape index (κ1) is 14.6. The molecule has 3 heterocycles. The second-order valence-electron chi connectivity index (χ2n) is 5.88. The first-order chi connectivity index (χ1) is 11.8. The van der Waals surface area contributed by atoms with Gasteiger partial charge in [-0.25, -0.2) is 4.98 Å². The Kier molecular flexibility index (Phi) is 3.82. The monoisotopic (exact) mass is 322 g/mol. The average Bonchev–Trinajstić information content (AvgIpc) is 3.05. The zero-order valence-electron chi connectivity index (χ0n) is 13.2. The smallest absolute Gasteiger partial charge is 0.278 e. The molecular weight excluding hydrogens is 304 g/mol. The second-order valence-corrected chi connectivity index (χ2v) is 5.88. The van der Waals surface area contributed by atoms with Crippen LogP contribution in [0.15, 0.2) is 36.4 Å². The summed E-state index contributed by atoms with van der Waals surface area (Å²) in [6.45, 7) is 2.00. The number of amides is 1. The molecule has 0 atom stereocenters. The quantitative estimate of drug-likeness (QED) is 0.774. The Morgan fingerprint density at radius 3 is 2.62 bits per heavy atom. The third-order valence-corrected chi connectivity index (χ3v) is 4.18. The number of anilines is 2. The highest BCUT2D eigenvalue weighted by atomic mass is 16.2. The number of piperidine rings is 1. The van der Waals surface area contributed by atoms with Crippen molar-refractivity contribution in [2.45, 2.75) is 19.3 Å². The topological polar surface area (TPSA) is 86.8 Å². The lowest BCUT2D eigenvalue weighted by molar-refractivity contribution is 0.102. The number of hydrogen-bond acceptors (Lipinski definition) is 5. The standard InChI is InChI=1S/C17H18N6O/c24-16(20-17-18-12-6-2-3-7-13(12)19-17)14-8-9-15(22-21-14)23-10-4-1-5-11-23/h2-3,6-9H,1,4-5,10-11H2,(H2,18,19,20,24). The summed E-state index contributed by atoms with van der Waals surface area (Å²) < 4.78 is 0. The van der Waals surface area contributed by atoms with E-state index in [0.29, 0.717) is 5.95 Å². The van der Waals surface area contributed by atoms with E-state index in [-0.39, 0.29) is 11.6 Å². The molecule has 0 bridgehead atoms. The molecule has 4 rings (SSSR count). The van der Waals surface area contributed by atoms with Gasteiger partial charge in [-0.3, -0.25) is 10.1 Å². The van der Waals surface area contributed by atoms with Gasteiger partial charge < -0.3 is 9.88 Å². The van der Waals surface area contributed by atoms with Crippen molar-refractivity contribution in [3.05, 3.63) is 42.1 Å². The minimum Gasteiger partial charge on any atom is -0.355 e. The van der Waals surface area contributed by atoms with Gasteiger partial charge in [0.2, 0.25) is 5.95 Å². The van der Waals surface area contributed by atoms with E-state index in [1.165, 1.54) is 19.3 Å². The van der Waals surface area contributed by atoms with Crippen LogP contribution in [0.4, 0.5) is 11.8 Å². The maximum absolute atomic E-state index is 12.3. The van der Waals surface area contributed by atoms with E-state index in [4.69, 9.17) is 0 Å². The van der Waals surface area contributed by atoms with Gasteiger partial charge in [-0.2, -0.15) is 0 Å². The fourth-order valence-corrected chi connectivity index (χ4v) is 2.92. The maximum Gasteiger partial charge on any atom is 0.278 e. The molecule has 0 radical (unpaired) electrons. The number of para-hydroxylation sites is 2. The SMILES string of the molecule is O=C(Nc1nc2ccccc2[nH]1)c1ccc(N2CCCCC2)nn1. The fraction of sp³-hybridized carbons (Fsp3) is 0.294. The van der Waals surface area contributed by atoms with Gasteiger partial charge in [-0.15, -0.1) is 10.2 Å². The first-order valence-corrected chi connectivity index (χ1v) is 8.14. The number of benzene rings is 1. The molecule has 0 saturated carbocycles. The largest absolute Gasteiger partial charge is 0.355 e. The van der Waals surface area contributed by atoms with Crippen molar-refractivity contribution >= 4 is 28.7 Å². The Labute approximate surface area is 139 Å². The van der Waals surface area contributed by atoms with Gasteiger partial charge in [0.15, 0.2) is 11.5 Å². The summed E-state index contributed by atoms with van der Waals surface area (Å²) in [6.07, 6.45) is 3.62. The van der Waals surface area contributed by atoms with Crippen molar-refractivity contribution in [1.82, 2.24) is 20.2 Å². The minimum atomic E-state index is -0.327. The molecule has 1 amide bonds. The van der Waals surface area contributed by atoms with Gasteiger partial charge in [0.1, 0.15) is 0 Å². The molecular formula is C17H18N6O. The maximum atomic E-state index is 12.3. The summed E-state index contributed by atoms with van der Waals surface area (Å²) in [6, 6.07) is 11.2. The van der Waals surface area contributed by atoms with Crippen LogP contribution in [0, 0.1) is 0 Å². The molecule has 1 aliphatic heterocycles. The summed E-state index contributed by atoms with van der Waals surface area (Å²) in [4.78, 5) is 21.9. The van der Waals surface area contributed by atoms with Crippen LogP contribution < -0.4 is 10.2 Å². The molecule has 7 nitrogen and oxygen atoms in total. The number of nitrogens with zero attached hydrogens (tertiary/aromatic N) is 4. The van der Waals surface area contributed by atoms with Crippen LogP contribution in [0.5, 0.6) is 0 Å². The van der Waals surface area contributed by atoms with E-state index >= 15 is 0 Å². The molecule has 7 heteroatoms. The first-order valence-electron chi connectivity index (χ1n) is 8.14. The highest BCUT2D eigenvalue weighted by Crippen LogP contribution is 2.17. The lowest BCUT2D eigenvalue weighted by atomic mass is 10.1. The van der Waals surface area contributed by atoms with Crippen LogP contribution in [0.1, 0.15) is 29.8 Å². The van der Waals surface area contributed by atoms with Crippen LogP contribution in [0.25, 0.3) is 11.0 Å². The van der Waals surface area contributed by atoms with Crippen LogP contribution in [0.3, 0.4) is 0 Å². The molecule has 0 unspecified atom stereocenters. The number of nitrogens with one attached hydrogen (secondary N) is 2. The van der Waals surface area contributed by atoms with E-state index in [1.807, 2.05) is 30.3 Å². The van der Waals surface area contributed by atoms with Crippen LogP contribution in [-0.2, 0) is 0 Å². The Balaban J connectivity index is 1.47. The molecule has 0 aliphatic carbocycles. The Morgan fingerprint density at radius 1 is 1.04 bits per heavy atom. The van der Waals surface area contributed by atoms with Crippen molar-refractivity contribution < 1.29 is 4.79 Å². The van der Waals surface area contributed by atoms with Crippen molar-refractivity contribution in [3.8, 4) is 0 Å². The van der Waals surface area contributed by atoms with Crippen molar-refractivity contribution in [2.75, 3.05) is 23.3 Å². The van der Waals surface area contributed by atoms with Crippen LogP contribution >= 0.6 is 0 Å². The highest BCUT2D eigenvalue weighted by molar-refractivity contribution is 6.02. The number of rotatable bonds is 3. The van der Waals surface area contributed by atoms with Crippen molar-refractivity contribution in [2.24, 2.45) is 0 Å². The summed E-state index contributed by atoms with van der Waals surface area (Å²) in [7, 11) is 0. The highest BCUT2D eigenvalue weighted by Gasteiger charge is 2.15. The fourth-order valence-electron chi connectivity index (χ4n) is 2.92. The number of H-pyrrole nitrogens is 1. The van der Waals surface area contributed by atoms with Crippen LogP contribution in [-0.4, -0.2) is 39.2 Å². The Hall–Kier alpha value is -2.96. The summed E-state index contributed by atoms with van der Waals surface area (Å²) in [5.41, 5.74) is 1.95. The number of aromatic nitrogens is 4. The molecule has 122 valence electrons.